The lowest BCUT2D eigenvalue weighted by molar-refractivity contribution is 0.628. The first kappa shape index (κ1) is 17.7. The highest BCUT2D eigenvalue weighted by atomic mass is 32.1. The second-order valence-electron chi connectivity index (χ2n) is 6.16. The number of hydrogen-bond donors (Lipinski definition) is 1. The van der Waals surface area contributed by atoms with E-state index in [2.05, 4.69) is 23.3 Å². The van der Waals surface area contributed by atoms with Gasteiger partial charge >= 0.3 is 0 Å². The lowest BCUT2D eigenvalue weighted by Gasteiger charge is -2.14. The van der Waals surface area contributed by atoms with E-state index in [-0.39, 0.29) is 11.9 Å². The summed E-state index contributed by atoms with van der Waals surface area (Å²) in [5.41, 5.74) is 3.42. The molecule has 0 spiro atoms. The van der Waals surface area contributed by atoms with E-state index in [1.807, 2.05) is 23.6 Å². The van der Waals surface area contributed by atoms with Crippen molar-refractivity contribution in [1.82, 2.24) is 10.3 Å². The fraction of sp³-hybridized carbons (Fsp3) is 0.190. The monoisotopic (exact) mass is 378 g/mol. The molecule has 6 heteroatoms. The normalized spacial score (nSPS) is 16.3. The lowest BCUT2D eigenvalue weighted by atomic mass is 10.0. The number of halogens is 1. The van der Waals surface area contributed by atoms with Crippen LogP contribution in [0.25, 0.3) is 0 Å². The number of fused-ring (bicyclic) bond motifs is 1. The Bertz CT molecular complexity index is 978. The quantitative estimate of drug-likeness (QED) is 0.708. The number of benzene rings is 1. The molecule has 3 heterocycles. The van der Waals surface area contributed by atoms with Crippen molar-refractivity contribution < 1.29 is 4.39 Å². The zero-order valence-electron chi connectivity index (χ0n) is 14.9. The van der Waals surface area contributed by atoms with Gasteiger partial charge in [-0.3, -0.25) is 4.99 Å². The summed E-state index contributed by atoms with van der Waals surface area (Å²) in [5.74, 6) is 0.380. The molecule has 0 bridgehead atoms. The number of nitrogens with zero attached hydrogens (tertiary/aromatic N) is 3. The van der Waals surface area contributed by atoms with Crippen molar-refractivity contribution in [2.75, 3.05) is 13.1 Å². The summed E-state index contributed by atoms with van der Waals surface area (Å²) in [6, 6.07) is 14.2. The van der Waals surface area contributed by atoms with Gasteiger partial charge in [0.1, 0.15) is 11.9 Å². The molecule has 1 aliphatic heterocycles. The number of aliphatic imine (C=N–C) groups is 2. The maximum atomic E-state index is 13.4. The summed E-state index contributed by atoms with van der Waals surface area (Å²) < 4.78 is 13.4. The van der Waals surface area contributed by atoms with E-state index in [9.17, 15) is 4.39 Å². The summed E-state index contributed by atoms with van der Waals surface area (Å²) in [5, 5.41) is 5.40. The Morgan fingerprint density at radius 3 is 2.70 bits per heavy atom. The molecule has 0 amide bonds. The van der Waals surface area contributed by atoms with Crippen LogP contribution in [0.15, 0.2) is 70.1 Å². The van der Waals surface area contributed by atoms with Crippen LogP contribution in [0.1, 0.15) is 29.0 Å². The zero-order chi connectivity index (χ0) is 18.6. The van der Waals surface area contributed by atoms with Crippen LogP contribution in [0.5, 0.6) is 0 Å². The van der Waals surface area contributed by atoms with Crippen LogP contribution in [-0.2, 0) is 0 Å². The predicted molar refractivity (Wildman–Crippen MR) is 109 cm³/mol. The van der Waals surface area contributed by atoms with Gasteiger partial charge in [0, 0.05) is 28.7 Å². The fourth-order valence-electron chi connectivity index (χ4n) is 3.04. The van der Waals surface area contributed by atoms with Gasteiger partial charge in [-0.05, 0) is 54.4 Å². The molecule has 1 aliphatic rings. The maximum Gasteiger partial charge on any atom is 0.161 e. The van der Waals surface area contributed by atoms with Crippen LogP contribution in [0, 0.1) is 5.82 Å². The third-order valence-electron chi connectivity index (χ3n) is 4.35. The lowest BCUT2D eigenvalue weighted by Crippen LogP contribution is -2.26. The van der Waals surface area contributed by atoms with Crippen LogP contribution in [-0.4, -0.2) is 29.5 Å². The number of aromatic nitrogens is 1. The Kier molecular flexibility index (Phi) is 5.18. The van der Waals surface area contributed by atoms with Gasteiger partial charge in [-0.15, -0.1) is 11.3 Å². The summed E-state index contributed by atoms with van der Waals surface area (Å²) in [4.78, 5) is 15.6. The standard InChI is InChI=1S/C21H19FN4S/c1-2-23-13-17-20(18-6-4-12-27-18)26-19(14-7-9-15(22)10-8-14)16-5-3-11-24-21(16)25-17/h3-12,20,23H,2,13H2,1H3. The molecule has 0 aliphatic carbocycles. The molecular formula is C21H19FN4S. The molecule has 136 valence electrons. The van der Waals surface area contributed by atoms with E-state index in [1.54, 1.807) is 29.7 Å². The summed E-state index contributed by atoms with van der Waals surface area (Å²) in [6.07, 6.45) is 1.74. The van der Waals surface area contributed by atoms with Gasteiger partial charge in [-0.1, -0.05) is 13.0 Å². The molecule has 4 rings (SSSR count). The number of thiophene rings is 1. The van der Waals surface area contributed by atoms with Gasteiger partial charge in [0.05, 0.1) is 11.4 Å². The number of rotatable bonds is 5. The van der Waals surface area contributed by atoms with Gasteiger partial charge in [0.15, 0.2) is 5.82 Å². The Hall–Kier alpha value is -2.70. The number of nitrogens with one attached hydrogen (secondary N) is 1. The highest BCUT2D eigenvalue weighted by Gasteiger charge is 2.25. The van der Waals surface area contributed by atoms with Crippen molar-refractivity contribution in [3.05, 3.63) is 81.9 Å². The zero-order valence-corrected chi connectivity index (χ0v) is 15.7. The molecule has 1 atom stereocenters. The molecule has 0 saturated heterocycles. The van der Waals surface area contributed by atoms with Crippen molar-refractivity contribution in [3.8, 4) is 0 Å². The molecule has 1 N–H and O–H groups in total. The van der Waals surface area contributed by atoms with Crippen molar-refractivity contribution in [2.45, 2.75) is 13.0 Å². The molecule has 0 saturated carbocycles. The predicted octanol–water partition coefficient (Wildman–Crippen LogP) is 4.56. The SMILES string of the molecule is CCNCC1=Nc2ncccc2C(c2ccc(F)cc2)=NC1c1cccs1. The van der Waals surface area contributed by atoms with Gasteiger partial charge in [0.25, 0.3) is 0 Å². The van der Waals surface area contributed by atoms with Gasteiger partial charge in [-0.2, -0.15) is 0 Å². The first-order valence-corrected chi connectivity index (χ1v) is 9.75. The van der Waals surface area contributed by atoms with Crippen LogP contribution >= 0.6 is 11.3 Å². The first-order valence-electron chi connectivity index (χ1n) is 8.87. The highest BCUT2D eigenvalue weighted by Crippen LogP contribution is 2.32. The average molecular weight is 378 g/mol. The van der Waals surface area contributed by atoms with E-state index in [0.717, 1.165) is 34.0 Å². The van der Waals surface area contributed by atoms with Crippen molar-refractivity contribution >= 4 is 28.6 Å². The van der Waals surface area contributed by atoms with Crippen molar-refractivity contribution in [2.24, 2.45) is 9.98 Å². The summed E-state index contributed by atoms with van der Waals surface area (Å²) in [7, 11) is 0. The van der Waals surface area contributed by atoms with Crippen LogP contribution in [0.4, 0.5) is 10.2 Å². The molecule has 3 aromatic rings. The summed E-state index contributed by atoms with van der Waals surface area (Å²) in [6.45, 7) is 3.55. The molecule has 4 nitrogen and oxygen atoms in total. The largest absolute Gasteiger partial charge is 0.312 e. The number of hydrogen-bond acceptors (Lipinski definition) is 5. The smallest absolute Gasteiger partial charge is 0.161 e. The Morgan fingerprint density at radius 2 is 1.96 bits per heavy atom. The molecular weight excluding hydrogens is 359 g/mol. The third-order valence-corrected chi connectivity index (χ3v) is 5.28. The van der Waals surface area contributed by atoms with E-state index in [1.165, 1.54) is 12.1 Å². The molecule has 0 fully saturated rings. The first-order chi connectivity index (χ1) is 13.3. The minimum atomic E-state index is -0.265. The van der Waals surface area contributed by atoms with Crippen LogP contribution in [0.3, 0.4) is 0 Å². The van der Waals surface area contributed by atoms with E-state index >= 15 is 0 Å². The molecule has 0 radical (unpaired) electrons. The van der Waals surface area contributed by atoms with Crippen molar-refractivity contribution in [3.63, 3.8) is 0 Å². The third kappa shape index (κ3) is 3.72. The Balaban J connectivity index is 1.90. The van der Waals surface area contributed by atoms with E-state index in [0.29, 0.717) is 12.4 Å². The minimum absolute atomic E-state index is 0.196. The second-order valence-corrected chi connectivity index (χ2v) is 7.14. The van der Waals surface area contributed by atoms with E-state index < -0.39 is 0 Å². The van der Waals surface area contributed by atoms with Gasteiger partial charge in [0.2, 0.25) is 0 Å². The highest BCUT2D eigenvalue weighted by molar-refractivity contribution is 7.10. The minimum Gasteiger partial charge on any atom is -0.312 e. The van der Waals surface area contributed by atoms with Gasteiger partial charge < -0.3 is 5.32 Å². The van der Waals surface area contributed by atoms with Crippen molar-refractivity contribution in [1.29, 1.82) is 0 Å². The molecule has 1 aromatic carbocycles. The Morgan fingerprint density at radius 1 is 1.11 bits per heavy atom. The average Bonchev–Trinajstić information content (AvgIpc) is 3.17. The topological polar surface area (TPSA) is 49.6 Å². The summed E-state index contributed by atoms with van der Waals surface area (Å²) >= 11 is 1.66. The number of pyridine rings is 1. The molecule has 1 unspecified atom stereocenters. The maximum absolute atomic E-state index is 13.4. The van der Waals surface area contributed by atoms with Gasteiger partial charge in [-0.25, -0.2) is 14.4 Å². The van der Waals surface area contributed by atoms with Crippen LogP contribution in [0.2, 0.25) is 0 Å². The molecule has 2 aromatic heterocycles. The second kappa shape index (κ2) is 7.90. The van der Waals surface area contributed by atoms with Crippen LogP contribution < -0.4 is 5.32 Å². The van der Waals surface area contributed by atoms with E-state index in [4.69, 9.17) is 9.98 Å². The Labute approximate surface area is 161 Å². The fourth-order valence-corrected chi connectivity index (χ4v) is 3.83. The molecule has 27 heavy (non-hydrogen) atoms.